The van der Waals surface area contributed by atoms with E-state index in [4.69, 9.17) is 0 Å². The van der Waals surface area contributed by atoms with Gasteiger partial charge >= 0.3 is 0 Å². The van der Waals surface area contributed by atoms with Gasteiger partial charge < -0.3 is 5.32 Å². The molecular formula is C16H26N2O2S. The zero-order chi connectivity index (χ0) is 15.3. The van der Waals surface area contributed by atoms with E-state index in [9.17, 15) is 8.42 Å². The van der Waals surface area contributed by atoms with Crippen molar-refractivity contribution >= 4 is 10.0 Å². The highest BCUT2D eigenvalue weighted by Crippen LogP contribution is 2.21. The molecule has 1 fully saturated rings. The Labute approximate surface area is 128 Å². The van der Waals surface area contributed by atoms with Crippen LogP contribution >= 0.6 is 0 Å². The Bertz CT molecular complexity index is 532. The number of benzene rings is 1. The van der Waals surface area contributed by atoms with E-state index < -0.39 is 10.0 Å². The quantitative estimate of drug-likeness (QED) is 0.878. The molecule has 1 aliphatic rings. The van der Waals surface area contributed by atoms with Crippen molar-refractivity contribution in [2.24, 2.45) is 0 Å². The minimum atomic E-state index is -3.33. The smallest absolute Gasteiger partial charge is 0.243 e. The molecule has 2 rings (SSSR count). The molecule has 0 aliphatic carbocycles. The Hall–Kier alpha value is -0.910. The first kappa shape index (κ1) is 16.5. The number of piperidine rings is 1. The van der Waals surface area contributed by atoms with Crippen LogP contribution in [0.1, 0.15) is 38.7 Å². The predicted octanol–water partition coefficient (Wildman–Crippen LogP) is 2.40. The lowest BCUT2D eigenvalue weighted by Gasteiger charge is -2.31. The van der Waals surface area contributed by atoms with Crippen LogP contribution in [0.3, 0.4) is 0 Å². The van der Waals surface area contributed by atoms with Crippen LogP contribution in [0, 0.1) is 0 Å². The molecule has 0 bridgehead atoms. The molecule has 0 radical (unpaired) electrons. The molecule has 1 heterocycles. The topological polar surface area (TPSA) is 49.4 Å². The summed E-state index contributed by atoms with van der Waals surface area (Å²) in [7, 11) is -3.33. The Balaban J connectivity index is 2.04. The number of nitrogens with zero attached hydrogens (tertiary/aromatic N) is 1. The lowest BCUT2D eigenvalue weighted by Crippen LogP contribution is -2.44. The minimum Gasteiger partial charge on any atom is -0.314 e. The first-order chi connectivity index (χ1) is 10.1. The van der Waals surface area contributed by atoms with E-state index >= 15 is 0 Å². The maximum atomic E-state index is 12.6. The van der Waals surface area contributed by atoms with Crippen molar-refractivity contribution in [3.05, 3.63) is 29.8 Å². The number of aryl methyl sites for hydroxylation is 1. The summed E-state index contributed by atoms with van der Waals surface area (Å²) >= 11 is 0. The minimum absolute atomic E-state index is 0.421. The van der Waals surface area contributed by atoms with E-state index in [0.29, 0.717) is 24.0 Å². The zero-order valence-corrected chi connectivity index (χ0v) is 13.8. The summed E-state index contributed by atoms with van der Waals surface area (Å²) < 4.78 is 26.9. The van der Waals surface area contributed by atoms with Gasteiger partial charge in [0.05, 0.1) is 4.90 Å². The number of hydrogen-bond donors (Lipinski definition) is 1. The van der Waals surface area contributed by atoms with Gasteiger partial charge in [-0.25, -0.2) is 8.42 Å². The molecule has 1 aromatic rings. The summed E-state index contributed by atoms with van der Waals surface area (Å²) in [5.74, 6) is 0. The highest BCUT2D eigenvalue weighted by Gasteiger charge is 2.28. The van der Waals surface area contributed by atoms with E-state index in [1.807, 2.05) is 12.1 Å². The Morgan fingerprint density at radius 1 is 1.14 bits per heavy atom. The summed E-state index contributed by atoms with van der Waals surface area (Å²) in [4.78, 5) is 0.421. The van der Waals surface area contributed by atoms with Gasteiger partial charge in [0.1, 0.15) is 0 Å². The Morgan fingerprint density at radius 2 is 1.76 bits per heavy atom. The molecule has 0 spiro atoms. The molecule has 21 heavy (non-hydrogen) atoms. The fraction of sp³-hybridized carbons (Fsp3) is 0.625. The Morgan fingerprint density at radius 3 is 2.29 bits per heavy atom. The molecule has 0 aromatic heterocycles. The standard InChI is InChI=1S/C16H26N2O2S/c1-3-5-14-6-8-16(9-7-14)21(19,20)18-12-10-15(11-13-18)17-4-2/h6-9,15,17H,3-5,10-13H2,1-2H3. The number of sulfonamides is 1. The van der Waals surface area contributed by atoms with Gasteiger partial charge in [-0.05, 0) is 43.5 Å². The van der Waals surface area contributed by atoms with Crippen LogP contribution in [0.25, 0.3) is 0 Å². The largest absolute Gasteiger partial charge is 0.314 e. The van der Waals surface area contributed by atoms with Crippen molar-refractivity contribution in [1.82, 2.24) is 9.62 Å². The van der Waals surface area contributed by atoms with Crippen molar-refractivity contribution in [2.45, 2.75) is 50.5 Å². The number of hydrogen-bond acceptors (Lipinski definition) is 3. The van der Waals surface area contributed by atoms with Gasteiger partial charge in [-0.15, -0.1) is 0 Å². The summed E-state index contributed by atoms with van der Waals surface area (Å²) in [6.45, 7) is 6.36. The lowest BCUT2D eigenvalue weighted by atomic mass is 10.1. The first-order valence-corrected chi connectivity index (χ1v) is 9.34. The second kappa shape index (κ2) is 7.38. The predicted molar refractivity (Wildman–Crippen MR) is 85.9 cm³/mol. The van der Waals surface area contributed by atoms with Crippen molar-refractivity contribution in [2.75, 3.05) is 19.6 Å². The highest BCUT2D eigenvalue weighted by molar-refractivity contribution is 7.89. The van der Waals surface area contributed by atoms with Crippen LogP contribution in [0.15, 0.2) is 29.2 Å². The second-order valence-electron chi connectivity index (χ2n) is 5.63. The van der Waals surface area contributed by atoms with Gasteiger partial charge in [-0.3, -0.25) is 0 Å². The molecule has 118 valence electrons. The normalized spacial score (nSPS) is 18.0. The first-order valence-electron chi connectivity index (χ1n) is 7.90. The molecule has 0 amide bonds. The lowest BCUT2D eigenvalue weighted by molar-refractivity contribution is 0.292. The van der Waals surface area contributed by atoms with E-state index in [1.54, 1.807) is 16.4 Å². The third-order valence-corrected chi connectivity index (χ3v) is 5.96. The average molecular weight is 310 g/mol. The van der Waals surface area contributed by atoms with E-state index in [0.717, 1.165) is 32.2 Å². The van der Waals surface area contributed by atoms with Crippen LogP contribution in [0.2, 0.25) is 0 Å². The molecule has 1 aromatic carbocycles. The van der Waals surface area contributed by atoms with Crippen LogP contribution in [0.5, 0.6) is 0 Å². The maximum Gasteiger partial charge on any atom is 0.243 e. The van der Waals surface area contributed by atoms with Crippen molar-refractivity contribution in [1.29, 1.82) is 0 Å². The maximum absolute atomic E-state index is 12.6. The van der Waals surface area contributed by atoms with Crippen molar-refractivity contribution in [3.63, 3.8) is 0 Å². The fourth-order valence-corrected chi connectivity index (χ4v) is 4.32. The fourth-order valence-electron chi connectivity index (χ4n) is 2.85. The van der Waals surface area contributed by atoms with Gasteiger partial charge in [0, 0.05) is 19.1 Å². The highest BCUT2D eigenvalue weighted by atomic mass is 32.2. The summed E-state index contributed by atoms with van der Waals surface area (Å²) in [6, 6.07) is 7.81. The van der Waals surface area contributed by atoms with E-state index in [-0.39, 0.29) is 0 Å². The van der Waals surface area contributed by atoms with Crippen LogP contribution in [-0.4, -0.2) is 38.4 Å². The molecule has 1 N–H and O–H groups in total. The molecule has 1 saturated heterocycles. The molecule has 0 saturated carbocycles. The molecular weight excluding hydrogens is 284 g/mol. The monoisotopic (exact) mass is 310 g/mol. The van der Waals surface area contributed by atoms with Crippen LogP contribution < -0.4 is 5.32 Å². The Kier molecular flexibility index (Phi) is 5.79. The van der Waals surface area contributed by atoms with Gasteiger partial charge in [0.15, 0.2) is 0 Å². The second-order valence-corrected chi connectivity index (χ2v) is 7.57. The third-order valence-electron chi connectivity index (χ3n) is 4.05. The van der Waals surface area contributed by atoms with Crippen LogP contribution in [-0.2, 0) is 16.4 Å². The SMILES string of the molecule is CCCc1ccc(S(=O)(=O)N2CCC(NCC)CC2)cc1. The van der Waals surface area contributed by atoms with Gasteiger partial charge in [0.2, 0.25) is 10.0 Å². The zero-order valence-electron chi connectivity index (χ0n) is 13.0. The summed E-state index contributed by atoms with van der Waals surface area (Å²) in [5, 5.41) is 3.40. The van der Waals surface area contributed by atoms with Crippen molar-refractivity contribution in [3.8, 4) is 0 Å². The van der Waals surface area contributed by atoms with Crippen LogP contribution in [0.4, 0.5) is 0 Å². The molecule has 4 nitrogen and oxygen atoms in total. The van der Waals surface area contributed by atoms with Gasteiger partial charge in [0.25, 0.3) is 0 Å². The van der Waals surface area contributed by atoms with Gasteiger partial charge in [-0.1, -0.05) is 32.4 Å². The molecule has 0 atom stereocenters. The third kappa shape index (κ3) is 4.05. The molecule has 0 unspecified atom stereocenters. The summed E-state index contributed by atoms with van der Waals surface area (Å²) in [5.41, 5.74) is 1.20. The average Bonchev–Trinajstić information content (AvgIpc) is 2.49. The molecule has 5 heteroatoms. The molecule has 1 aliphatic heterocycles. The van der Waals surface area contributed by atoms with Gasteiger partial charge in [-0.2, -0.15) is 4.31 Å². The van der Waals surface area contributed by atoms with Crippen molar-refractivity contribution < 1.29 is 8.42 Å². The van der Waals surface area contributed by atoms with E-state index in [1.165, 1.54) is 5.56 Å². The van der Waals surface area contributed by atoms with E-state index in [2.05, 4.69) is 19.2 Å². The number of rotatable bonds is 6. The number of nitrogens with one attached hydrogen (secondary N) is 1. The summed E-state index contributed by atoms with van der Waals surface area (Å²) in [6.07, 6.45) is 3.85.